The average molecular weight is 498 g/mol. The molecule has 0 aliphatic carbocycles. The number of carbonyl (C=O) groups is 1. The van der Waals surface area contributed by atoms with Gasteiger partial charge in [0.15, 0.2) is 0 Å². The first kappa shape index (κ1) is 24.4. The van der Waals surface area contributed by atoms with E-state index in [0.717, 1.165) is 16.2 Å². The van der Waals surface area contributed by atoms with Crippen molar-refractivity contribution in [3.63, 3.8) is 0 Å². The summed E-state index contributed by atoms with van der Waals surface area (Å²) in [4.78, 5) is 18.3. The van der Waals surface area contributed by atoms with Gasteiger partial charge in [0.1, 0.15) is 0 Å². The summed E-state index contributed by atoms with van der Waals surface area (Å²) in [6.45, 7) is 3.27. The van der Waals surface area contributed by atoms with Gasteiger partial charge in [-0.3, -0.25) is 9.78 Å². The lowest BCUT2D eigenvalue weighted by molar-refractivity contribution is 0.0730. The maximum absolute atomic E-state index is 13.2. The molecule has 178 valence electrons. The first-order valence-electron chi connectivity index (χ1n) is 11.1. The van der Waals surface area contributed by atoms with E-state index in [0.29, 0.717) is 49.5 Å². The largest absolute Gasteiger partial charge is 0.379 e. The Labute approximate surface area is 204 Å². The van der Waals surface area contributed by atoms with E-state index in [1.807, 2.05) is 49.5 Å². The molecule has 0 atom stereocenters. The van der Waals surface area contributed by atoms with Gasteiger partial charge in [0.05, 0.1) is 18.1 Å². The minimum atomic E-state index is -3.70. The van der Waals surface area contributed by atoms with Crippen LogP contribution in [0.15, 0.2) is 76.8 Å². The van der Waals surface area contributed by atoms with Crippen LogP contribution in [0.1, 0.15) is 28.4 Å². The highest BCUT2D eigenvalue weighted by atomic mass is 32.2. The zero-order valence-electron chi connectivity index (χ0n) is 18.9. The molecule has 34 heavy (non-hydrogen) atoms. The molecule has 0 spiro atoms. The summed E-state index contributed by atoms with van der Waals surface area (Å²) >= 11 is 1.69. The first-order chi connectivity index (χ1) is 16.5. The molecule has 1 fully saturated rings. The summed E-state index contributed by atoms with van der Waals surface area (Å²) in [5, 5.41) is 2.87. The van der Waals surface area contributed by atoms with E-state index in [4.69, 9.17) is 4.74 Å². The molecule has 1 aliphatic rings. The van der Waals surface area contributed by atoms with Gasteiger partial charge in [-0.1, -0.05) is 19.1 Å². The van der Waals surface area contributed by atoms with Crippen LogP contribution < -0.4 is 5.32 Å². The Hall–Kier alpha value is -2.72. The van der Waals surface area contributed by atoms with Gasteiger partial charge in [0, 0.05) is 47.4 Å². The Morgan fingerprint density at radius 1 is 1.12 bits per heavy atom. The van der Waals surface area contributed by atoms with Crippen LogP contribution in [0.3, 0.4) is 0 Å². The average Bonchev–Trinajstić information content (AvgIpc) is 2.89. The van der Waals surface area contributed by atoms with E-state index in [2.05, 4.69) is 10.3 Å². The Kier molecular flexibility index (Phi) is 7.99. The molecule has 1 amide bonds. The van der Waals surface area contributed by atoms with Crippen molar-refractivity contribution >= 4 is 33.4 Å². The van der Waals surface area contributed by atoms with Gasteiger partial charge < -0.3 is 10.1 Å². The number of carbonyl (C=O) groups excluding carboxylic acids is 1. The maximum Gasteiger partial charge on any atom is 0.255 e. The molecule has 1 aromatic heterocycles. The highest BCUT2D eigenvalue weighted by Gasteiger charge is 2.29. The van der Waals surface area contributed by atoms with Crippen LogP contribution in [0, 0.1) is 0 Å². The molecule has 1 N–H and O–H groups in total. The lowest BCUT2D eigenvalue weighted by atomic mass is 10.1. The number of nitrogens with one attached hydrogen (secondary N) is 1. The third-order valence-corrected chi connectivity index (χ3v) is 8.60. The van der Waals surface area contributed by atoms with Crippen LogP contribution in [-0.4, -0.2) is 49.9 Å². The Morgan fingerprint density at radius 3 is 2.56 bits per heavy atom. The number of rotatable bonds is 8. The molecule has 0 radical (unpaired) electrons. The molecule has 1 saturated heterocycles. The van der Waals surface area contributed by atoms with Crippen molar-refractivity contribution < 1.29 is 17.9 Å². The summed E-state index contributed by atoms with van der Waals surface area (Å²) in [7, 11) is -3.70. The van der Waals surface area contributed by atoms with Crippen molar-refractivity contribution in [1.82, 2.24) is 9.29 Å². The highest BCUT2D eigenvalue weighted by molar-refractivity contribution is 7.98. The summed E-state index contributed by atoms with van der Waals surface area (Å²) < 4.78 is 33.2. The fraction of sp³-hybridized carbons (Fsp3) is 0.280. The highest BCUT2D eigenvalue weighted by Crippen LogP contribution is 2.26. The van der Waals surface area contributed by atoms with Crippen LogP contribution in [0.25, 0.3) is 0 Å². The smallest absolute Gasteiger partial charge is 0.255 e. The van der Waals surface area contributed by atoms with Crippen molar-refractivity contribution in [3.05, 3.63) is 83.7 Å². The minimum absolute atomic E-state index is 0.187. The Balaban J connectivity index is 1.46. The topological polar surface area (TPSA) is 88.6 Å². The van der Waals surface area contributed by atoms with Crippen LogP contribution in [0.2, 0.25) is 0 Å². The molecule has 0 bridgehead atoms. The van der Waals surface area contributed by atoms with Crippen molar-refractivity contribution in [1.29, 1.82) is 0 Å². The van der Waals surface area contributed by atoms with Crippen LogP contribution in [-0.2, 0) is 26.9 Å². The third-order valence-electron chi connectivity index (χ3n) is 5.54. The second-order valence-corrected chi connectivity index (χ2v) is 10.8. The van der Waals surface area contributed by atoms with Gasteiger partial charge in [0.25, 0.3) is 5.91 Å². The number of nitrogens with zero attached hydrogens (tertiary/aromatic N) is 2. The van der Waals surface area contributed by atoms with Gasteiger partial charge in [-0.05, 0) is 60.0 Å². The zero-order valence-corrected chi connectivity index (χ0v) is 20.6. The zero-order chi connectivity index (χ0) is 24.0. The molecule has 0 unspecified atom stereocenters. The third kappa shape index (κ3) is 5.85. The molecule has 2 aromatic carbocycles. The van der Waals surface area contributed by atoms with Crippen molar-refractivity contribution in [2.45, 2.75) is 28.9 Å². The standard InChI is InChI=1S/C25H27N3O4S2/c1-2-20-5-6-21(16-24(20)34(30,31)28-12-14-32-15-13-28)25(29)27-22-7-9-23(10-8-22)33-18-19-4-3-11-26-17-19/h3-11,16-17H,2,12-15,18H2,1H3,(H,27,29). The van der Waals surface area contributed by atoms with Gasteiger partial charge in [-0.15, -0.1) is 11.8 Å². The molecule has 4 rings (SSSR count). The van der Waals surface area contributed by atoms with Gasteiger partial charge in [0.2, 0.25) is 10.0 Å². The summed E-state index contributed by atoms with van der Waals surface area (Å²) in [5.41, 5.74) is 2.79. The van der Waals surface area contributed by atoms with Gasteiger partial charge in [-0.2, -0.15) is 4.31 Å². The fourth-order valence-corrected chi connectivity index (χ4v) is 6.20. The molecule has 2 heterocycles. The Bertz CT molecular complexity index is 1230. The van der Waals surface area contributed by atoms with E-state index in [-0.39, 0.29) is 10.8 Å². The molecule has 9 heteroatoms. The number of hydrogen-bond donors (Lipinski definition) is 1. The second-order valence-electron chi connectivity index (χ2n) is 7.82. The first-order valence-corrected chi connectivity index (χ1v) is 13.5. The predicted octanol–water partition coefficient (Wildman–Crippen LogP) is 4.21. The van der Waals surface area contributed by atoms with E-state index in [1.165, 1.54) is 10.4 Å². The number of amides is 1. The molecular weight excluding hydrogens is 470 g/mol. The van der Waals surface area contributed by atoms with Crippen molar-refractivity contribution in [2.24, 2.45) is 0 Å². The van der Waals surface area contributed by atoms with E-state index >= 15 is 0 Å². The van der Waals surface area contributed by atoms with Gasteiger partial charge in [-0.25, -0.2) is 8.42 Å². The normalized spacial score (nSPS) is 14.6. The summed E-state index contributed by atoms with van der Waals surface area (Å²) in [6, 6.07) is 16.4. The van der Waals surface area contributed by atoms with Crippen molar-refractivity contribution in [3.8, 4) is 0 Å². The van der Waals surface area contributed by atoms with Crippen molar-refractivity contribution in [2.75, 3.05) is 31.6 Å². The molecular formula is C25H27N3O4S2. The number of morpholine rings is 1. The molecule has 3 aromatic rings. The van der Waals surface area contributed by atoms with E-state index in [1.54, 1.807) is 30.1 Å². The molecule has 0 saturated carbocycles. The van der Waals surface area contributed by atoms with E-state index < -0.39 is 10.0 Å². The summed E-state index contributed by atoms with van der Waals surface area (Å²) in [6.07, 6.45) is 4.15. The number of ether oxygens (including phenoxy) is 1. The lowest BCUT2D eigenvalue weighted by Gasteiger charge is -2.27. The second kappa shape index (κ2) is 11.1. The quantitative estimate of drug-likeness (QED) is 0.469. The lowest BCUT2D eigenvalue weighted by Crippen LogP contribution is -2.41. The number of pyridine rings is 1. The SMILES string of the molecule is CCc1ccc(C(=O)Nc2ccc(SCc3cccnc3)cc2)cc1S(=O)(=O)N1CCOCC1. The number of aromatic nitrogens is 1. The number of anilines is 1. The number of benzene rings is 2. The molecule has 1 aliphatic heterocycles. The minimum Gasteiger partial charge on any atom is -0.379 e. The number of aryl methyl sites for hydroxylation is 1. The fourth-order valence-electron chi connectivity index (χ4n) is 3.64. The summed E-state index contributed by atoms with van der Waals surface area (Å²) in [5.74, 6) is 0.459. The molecule has 7 nitrogen and oxygen atoms in total. The van der Waals surface area contributed by atoms with Crippen LogP contribution >= 0.6 is 11.8 Å². The number of thioether (sulfide) groups is 1. The van der Waals surface area contributed by atoms with E-state index in [9.17, 15) is 13.2 Å². The predicted molar refractivity (Wildman–Crippen MR) is 134 cm³/mol. The maximum atomic E-state index is 13.2. The van der Waals surface area contributed by atoms with Crippen LogP contribution in [0.4, 0.5) is 5.69 Å². The van der Waals surface area contributed by atoms with Crippen LogP contribution in [0.5, 0.6) is 0 Å². The Morgan fingerprint density at radius 2 is 1.88 bits per heavy atom. The number of hydrogen-bond acceptors (Lipinski definition) is 6. The monoisotopic (exact) mass is 497 g/mol. The van der Waals surface area contributed by atoms with Gasteiger partial charge >= 0.3 is 0 Å². The number of sulfonamides is 1.